The summed E-state index contributed by atoms with van der Waals surface area (Å²) in [6.07, 6.45) is 0.872. The Morgan fingerprint density at radius 1 is 1.58 bits per heavy atom. The zero-order chi connectivity index (χ0) is 8.55. The molecule has 4 N–H and O–H groups in total. The van der Waals surface area contributed by atoms with Crippen LogP contribution in [-0.4, -0.2) is 17.8 Å². The third-order valence-corrected chi connectivity index (χ3v) is 2.22. The van der Waals surface area contributed by atoms with Crippen molar-refractivity contribution < 1.29 is 5.11 Å². The van der Waals surface area contributed by atoms with E-state index in [-0.39, 0.29) is 12.6 Å². The molecule has 12 heavy (non-hydrogen) atoms. The van der Waals surface area contributed by atoms with E-state index < -0.39 is 0 Å². The molecule has 0 fully saturated rings. The Labute approximate surface area is 71.2 Å². The second-order valence-corrected chi connectivity index (χ2v) is 3.11. The van der Waals surface area contributed by atoms with Crippen LogP contribution >= 0.6 is 0 Å². The lowest BCUT2D eigenvalue weighted by atomic mass is 10.1. The number of hydrogen-bond donors (Lipinski definition) is 3. The minimum Gasteiger partial charge on any atom is -0.397 e. The van der Waals surface area contributed by atoms with Gasteiger partial charge in [-0.25, -0.2) is 0 Å². The number of aliphatic hydroxyl groups is 1. The van der Waals surface area contributed by atoms with Gasteiger partial charge in [0.25, 0.3) is 0 Å². The summed E-state index contributed by atoms with van der Waals surface area (Å²) in [6.45, 7) is 0.161. The van der Waals surface area contributed by atoms with E-state index in [4.69, 9.17) is 10.8 Å². The quantitative estimate of drug-likeness (QED) is 0.533. The van der Waals surface area contributed by atoms with Crippen LogP contribution in [0.25, 0.3) is 0 Å². The molecule has 1 aromatic carbocycles. The van der Waals surface area contributed by atoms with Gasteiger partial charge in [-0.1, -0.05) is 12.1 Å². The van der Waals surface area contributed by atoms with E-state index in [1.807, 2.05) is 18.2 Å². The van der Waals surface area contributed by atoms with Gasteiger partial charge in [-0.2, -0.15) is 0 Å². The zero-order valence-corrected chi connectivity index (χ0v) is 6.75. The van der Waals surface area contributed by atoms with Gasteiger partial charge in [0.1, 0.15) is 0 Å². The molecule has 1 aromatic rings. The first-order chi connectivity index (χ1) is 5.81. The molecule has 1 heterocycles. The van der Waals surface area contributed by atoms with Crippen LogP contribution < -0.4 is 11.1 Å². The molecule has 0 bridgehead atoms. The van der Waals surface area contributed by atoms with Crippen molar-refractivity contribution in [3.05, 3.63) is 23.8 Å². The van der Waals surface area contributed by atoms with E-state index in [1.54, 1.807) is 0 Å². The number of benzene rings is 1. The summed E-state index contributed by atoms with van der Waals surface area (Å²) in [5, 5.41) is 12.1. The monoisotopic (exact) mass is 164 g/mol. The molecule has 0 amide bonds. The summed E-state index contributed by atoms with van der Waals surface area (Å²) in [7, 11) is 0. The molecule has 0 spiro atoms. The summed E-state index contributed by atoms with van der Waals surface area (Å²) >= 11 is 0. The average Bonchev–Trinajstić information content (AvgIpc) is 2.49. The van der Waals surface area contributed by atoms with Crippen molar-refractivity contribution in [1.82, 2.24) is 0 Å². The van der Waals surface area contributed by atoms with Gasteiger partial charge in [-0.15, -0.1) is 0 Å². The average molecular weight is 164 g/mol. The second kappa shape index (κ2) is 2.68. The normalized spacial score (nSPS) is 20.2. The summed E-state index contributed by atoms with van der Waals surface area (Å²) < 4.78 is 0. The van der Waals surface area contributed by atoms with Crippen molar-refractivity contribution in [3.8, 4) is 0 Å². The highest BCUT2D eigenvalue weighted by Crippen LogP contribution is 2.30. The lowest BCUT2D eigenvalue weighted by molar-refractivity contribution is 0.277. The van der Waals surface area contributed by atoms with E-state index in [9.17, 15) is 0 Å². The minimum atomic E-state index is 0.143. The van der Waals surface area contributed by atoms with Crippen molar-refractivity contribution in [1.29, 1.82) is 0 Å². The van der Waals surface area contributed by atoms with Crippen molar-refractivity contribution in [2.45, 2.75) is 12.5 Å². The predicted molar refractivity (Wildman–Crippen MR) is 49.1 cm³/mol. The summed E-state index contributed by atoms with van der Waals surface area (Å²) in [6, 6.07) is 5.99. The van der Waals surface area contributed by atoms with Crippen LogP contribution in [-0.2, 0) is 6.42 Å². The van der Waals surface area contributed by atoms with Gasteiger partial charge in [-0.3, -0.25) is 0 Å². The van der Waals surface area contributed by atoms with Gasteiger partial charge in [0.2, 0.25) is 0 Å². The molecule has 1 aliphatic rings. The van der Waals surface area contributed by atoms with E-state index >= 15 is 0 Å². The van der Waals surface area contributed by atoms with Gasteiger partial charge in [-0.05, 0) is 18.1 Å². The maximum Gasteiger partial charge on any atom is 0.0636 e. The van der Waals surface area contributed by atoms with Gasteiger partial charge < -0.3 is 16.2 Å². The van der Waals surface area contributed by atoms with Crippen molar-refractivity contribution >= 4 is 11.4 Å². The third kappa shape index (κ3) is 1.02. The Morgan fingerprint density at radius 2 is 2.42 bits per heavy atom. The number of rotatable bonds is 1. The number of anilines is 2. The summed E-state index contributed by atoms with van der Waals surface area (Å²) in [5.74, 6) is 0. The number of aliphatic hydroxyl groups excluding tert-OH is 1. The maximum absolute atomic E-state index is 8.93. The molecule has 0 saturated heterocycles. The van der Waals surface area contributed by atoms with Gasteiger partial charge in [0.05, 0.1) is 24.0 Å². The molecule has 0 saturated carbocycles. The molecular weight excluding hydrogens is 152 g/mol. The van der Waals surface area contributed by atoms with Gasteiger partial charge in [0.15, 0.2) is 0 Å². The zero-order valence-electron chi connectivity index (χ0n) is 6.75. The SMILES string of the molecule is Nc1cccc2c1N[C@@H](CO)C2. The van der Waals surface area contributed by atoms with E-state index in [0.29, 0.717) is 0 Å². The molecule has 1 atom stereocenters. The highest BCUT2D eigenvalue weighted by Gasteiger charge is 2.20. The Hall–Kier alpha value is -1.22. The number of nitrogens with two attached hydrogens (primary N) is 1. The fourth-order valence-corrected chi connectivity index (χ4v) is 1.60. The number of hydrogen-bond acceptors (Lipinski definition) is 3. The Kier molecular flexibility index (Phi) is 1.66. The van der Waals surface area contributed by atoms with Gasteiger partial charge >= 0.3 is 0 Å². The van der Waals surface area contributed by atoms with Crippen LogP contribution in [0.5, 0.6) is 0 Å². The molecule has 0 unspecified atom stereocenters. The lowest BCUT2D eigenvalue weighted by Crippen LogP contribution is -2.19. The minimum absolute atomic E-state index is 0.143. The lowest BCUT2D eigenvalue weighted by Gasteiger charge is -2.07. The molecular formula is C9H12N2O. The largest absolute Gasteiger partial charge is 0.397 e. The molecule has 0 aromatic heterocycles. The van der Waals surface area contributed by atoms with E-state index in [2.05, 4.69) is 5.32 Å². The number of nitrogen functional groups attached to an aromatic ring is 1. The Morgan fingerprint density at radius 3 is 3.08 bits per heavy atom. The molecule has 64 valence electrons. The molecule has 3 heteroatoms. The third-order valence-electron chi connectivity index (χ3n) is 2.22. The van der Waals surface area contributed by atoms with Crippen LogP contribution in [0.3, 0.4) is 0 Å². The van der Waals surface area contributed by atoms with Crippen LogP contribution in [0.15, 0.2) is 18.2 Å². The first kappa shape index (κ1) is 7.43. The van der Waals surface area contributed by atoms with Crippen molar-refractivity contribution in [2.75, 3.05) is 17.7 Å². The van der Waals surface area contributed by atoms with E-state index in [1.165, 1.54) is 5.56 Å². The smallest absolute Gasteiger partial charge is 0.0636 e. The topological polar surface area (TPSA) is 58.3 Å². The van der Waals surface area contributed by atoms with Crippen LogP contribution in [0.1, 0.15) is 5.56 Å². The van der Waals surface area contributed by atoms with Gasteiger partial charge in [0, 0.05) is 0 Å². The molecule has 0 radical (unpaired) electrons. The standard InChI is InChI=1S/C9H12N2O/c10-8-3-1-2-6-4-7(5-12)11-9(6)8/h1-3,7,11-12H,4-5,10H2/t7-/m1/s1. The first-order valence-electron chi connectivity index (χ1n) is 4.06. The van der Waals surface area contributed by atoms with Crippen LogP contribution in [0.2, 0.25) is 0 Å². The van der Waals surface area contributed by atoms with E-state index in [0.717, 1.165) is 17.8 Å². The number of para-hydroxylation sites is 1. The summed E-state index contributed by atoms with van der Waals surface area (Å²) in [4.78, 5) is 0. The fourth-order valence-electron chi connectivity index (χ4n) is 1.60. The number of fused-ring (bicyclic) bond motifs is 1. The van der Waals surface area contributed by atoms with Crippen LogP contribution in [0, 0.1) is 0 Å². The first-order valence-corrected chi connectivity index (χ1v) is 4.06. The predicted octanol–water partition coefficient (Wildman–Crippen LogP) is 0.598. The van der Waals surface area contributed by atoms with Crippen LogP contribution in [0.4, 0.5) is 11.4 Å². The fraction of sp³-hybridized carbons (Fsp3) is 0.333. The Bertz CT molecular complexity index is 299. The van der Waals surface area contributed by atoms with Crippen molar-refractivity contribution in [3.63, 3.8) is 0 Å². The molecule has 1 aliphatic heterocycles. The molecule has 2 rings (SSSR count). The second-order valence-electron chi connectivity index (χ2n) is 3.11. The Balaban J connectivity index is 2.35. The summed E-state index contributed by atoms with van der Waals surface area (Å²) in [5.41, 5.74) is 8.71. The highest BCUT2D eigenvalue weighted by atomic mass is 16.3. The molecule has 0 aliphatic carbocycles. The number of nitrogens with one attached hydrogen (secondary N) is 1. The highest BCUT2D eigenvalue weighted by molar-refractivity contribution is 5.73. The molecule has 3 nitrogen and oxygen atoms in total. The van der Waals surface area contributed by atoms with Crippen molar-refractivity contribution in [2.24, 2.45) is 0 Å². The maximum atomic E-state index is 8.93.